The summed E-state index contributed by atoms with van der Waals surface area (Å²) in [7, 11) is 0. The van der Waals surface area contributed by atoms with Gasteiger partial charge in [-0.3, -0.25) is 9.59 Å². The van der Waals surface area contributed by atoms with Gasteiger partial charge >= 0.3 is 0 Å². The molecule has 4 aromatic rings. The maximum absolute atomic E-state index is 13.0. The molecule has 4 aromatic carbocycles. The molecular formula is C30H22O10. The Kier molecular flexibility index (Phi) is 6.05. The summed E-state index contributed by atoms with van der Waals surface area (Å²) in [6.45, 7) is 0. The zero-order valence-electron chi connectivity index (χ0n) is 20.6. The van der Waals surface area contributed by atoms with E-state index in [0.29, 0.717) is 5.56 Å². The second kappa shape index (κ2) is 9.60. The first-order chi connectivity index (χ1) is 19.2. The standard InChI is InChI=1S/C30H22O10/c31-15-3-8-19-22(11-15)39-29(27(36)25(19)34)14-1-6-18(7-2-14)38-24-13-17(33)5-10-21(24)30-28(37)26(35)20-9-4-16(32)12-23(20)40-30/h1-13,25-26,29-35H/t25?,26?,29?,30-/m1/s1. The molecule has 0 spiro atoms. The number of phenols is 3. The molecule has 0 saturated heterocycles. The van der Waals surface area contributed by atoms with Gasteiger partial charge in [-0.15, -0.1) is 0 Å². The Morgan fingerprint density at radius 3 is 1.62 bits per heavy atom. The summed E-state index contributed by atoms with van der Waals surface area (Å²) in [6, 6.07) is 18.4. The number of ketones is 2. The molecule has 2 aliphatic heterocycles. The predicted molar refractivity (Wildman–Crippen MR) is 138 cm³/mol. The van der Waals surface area contributed by atoms with Gasteiger partial charge in [-0.05, 0) is 48.5 Å². The normalized spacial score (nSPS) is 21.6. The van der Waals surface area contributed by atoms with Crippen molar-refractivity contribution in [3.63, 3.8) is 0 Å². The monoisotopic (exact) mass is 542 g/mol. The number of ether oxygens (including phenoxy) is 3. The minimum absolute atomic E-state index is 0.0713. The first-order valence-electron chi connectivity index (χ1n) is 12.2. The van der Waals surface area contributed by atoms with Crippen molar-refractivity contribution in [2.24, 2.45) is 0 Å². The lowest BCUT2D eigenvalue weighted by Gasteiger charge is -2.29. The largest absolute Gasteiger partial charge is 0.508 e. The molecule has 0 aliphatic carbocycles. The lowest BCUT2D eigenvalue weighted by molar-refractivity contribution is -0.137. The van der Waals surface area contributed by atoms with Gasteiger partial charge in [0.05, 0.1) is 0 Å². The second-order valence-electron chi connectivity index (χ2n) is 9.44. The van der Waals surface area contributed by atoms with Crippen molar-refractivity contribution in [2.45, 2.75) is 24.4 Å². The molecule has 0 amide bonds. The number of carbonyl (C=O) groups is 2. The van der Waals surface area contributed by atoms with Gasteiger partial charge in [-0.2, -0.15) is 0 Å². The number of fused-ring (bicyclic) bond motifs is 2. The van der Waals surface area contributed by atoms with Crippen LogP contribution in [0.5, 0.6) is 40.2 Å². The van der Waals surface area contributed by atoms with Crippen LogP contribution in [0.25, 0.3) is 0 Å². The van der Waals surface area contributed by atoms with Crippen LogP contribution in [0.3, 0.4) is 0 Å². The minimum atomic E-state index is -1.49. The highest BCUT2D eigenvalue weighted by Crippen LogP contribution is 2.44. The van der Waals surface area contributed by atoms with Crippen molar-refractivity contribution in [3.05, 3.63) is 101 Å². The fraction of sp³-hybridized carbons (Fsp3) is 0.133. The molecule has 5 N–H and O–H groups in total. The molecule has 202 valence electrons. The molecule has 6 rings (SSSR count). The third kappa shape index (κ3) is 4.35. The van der Waals surface area contributed by atoms with Gasteiger partial charge in [-0.25, -0.2) is 0 Å². The van der Waals surface area contributed by atoms with Crippen molar-refractivity contribution < 1.29 is 49.3 Å². The van der Waals surface area contributed by atoms with Crippen molar-refractivity contribution in [2.75, 3.05) is 0 Å². The number of benzene rings is 4. The van der Waals surface area contributed by atoms with E-state index >= 15 is 0 Å². The number of hydrogen-bond donors (Lipinski definition) is 5. The quantitative estimate of drug-likeness (QED) is 0.254. The number of Topliss-reactive ketones (excluding diaryl/α,β-unsaturated/α-hetero) is 2. The Balaban J connectivity index is 1.27. The Morgan fingerprint density at radius 1 is 0.575 bits per heavy atom. The van der Waals surface area contributed by atoms with Crippen LogP contribution in [0, 0.1) is 0 Å². The Morgan fingerprint density at radius 2 is 1.05 bits per heavy atom. The van der Waals surface area contributed by atoms with Crippen LogP contribution in [-0.4, -0.2) is 37.1 Å². The Labute approximate surface area is 226 Å². The highest BCUT2D eigenvalue weighted by atomic mass is 16.5. The van der Waals surface area contributed by atoms with E-state index in [9.17, 15) is 35.1 Å². The van der Waals surface area contributed by atoms with E-state index in [1.54, 1.807) is 12.1 Å². The molecule has 0 bridgehead atoms. The molecule has 0 aromatic heterocycles. The van der Waals surface area contributed by atoms with Gasteiger partial charge in [-0.1, -0.05) is 12.1 Å². The number of aliphatic hydroxyl groups excluding tert-OH is 2. The van der Waals surface area contributed by atoms with Gasteiger partial charge in [0, 0.05) is 40.5 Å². The highest BCUT2D eigenvalue weighted by Gasteiger charge is 2.39. The van der Waals surface area contributed by atoms with Crippen molar-refractivity contribution in [1.82, 2.24) is 0 Å². The summed E-state index contributed by atoms with van der Waals surface area (Å²) in [5.74, 6) is -0.861. The van der Waals surface area contributed by atoms with Crippen LogP contribution in [0.2, 0.25) is 0 Å². The van der Waals surface area contributed by atoms with Crippen LogP contribution in [0.4, 0.5) is 0 Å². The van der Waals surface area contributed by atoms with Crippen molar-refractivity contribution in [1.29, 1.82) is 0 Å². The number of carbonyl (C=O) groups excluding carboxylic acids is 2. The summed E-state index contributed by atoms with van der Waals surface area (Å²) in [5.41, 5.74) is 1.13. The van der Waals surface area contributed by atoms with E-state index < -0.39 is 36.0 Å². The summed E-state index contributed by atoms with van der Waals surface area (Å²) < 4.78 is 17.6. The first kappa shape index (κ1) is 25.2. The number of aromatic hydroxyl groups is 3. The number of hydrogen-bond acceptors (Lipinski definition) is 10. The summed E-state index contributed by atoms with van der Waals surface area (Å²) in [6.07, 6.45) is -5.33. The van der Waals surface area contributed by atoms with Crippen molar-refractivity contribution >= 4 is 11.6 Å². The minimum Gasteiger partial charge on any atom is -0.508 e. The second-order valence-corrected chi connectivity index (χ2v) is 9.44. The van der Waals surface area contributed by atoms with Gasteiger partial charge in [0.15, 0.2) is 12.2 Å². The van der Waals surface area contributed by atoms with Crippen LogP contribution >= 0.6 is 0 Å². The molecule has 2 heterocycles. The van der Waals surface area contributed by atoms with Gasteiger partial charge in [0.2, 0.25) is 11.6 Å². The number of aliphatic hydroxyl groups is 2. The van der Waals surface area contributed by atoms with E-state index in [2.05, 4.69) is 0 Å². The molecule has 0 fully saturated rings. The summed E-state index contributed by atoms with van der Waals surface area (Å²) in [4.78, 5) is 25.8. The average Bonchev–Trinajstić information content (AvgIpc) is 2.93. The number of phenolic OH excluding ortho intramolecular Hbond substituents is 3. The molecule has 40 heavy (non-hydrogen) atoms. The van der Waals surface area contributed by atoms with Gasteiger partial charge < -0.3 is 39.7 Å². The van der Waals surface area contributed by atoms with Gasteiger partial charge in [0.25, 0.3) is 0 Å². The predicted octanol–water partition coefficient (Wildman–Crippen LogP) is 4.07. The first-order valence-corrected chi connectivity index (χ1v) is 12.2. The summed E-state index contributed by atoms with van der Waals surface area (Å²) in [5, 5.41) is 50.8. The zero-order chi connectivity index (χ0) is 28.1. The fourth-order valence-electron chi connectivity index (χ4n) is 4.78. The highest BCUT2D eigenvalue weighted by molar-refractivity contribution is 5.93. The van der Waals surface area contributed by atoms with Crippen LogP contribution in [0.1, 0.15) is 46.7 Å². The summed E-state index contributed by atoms with van der Waals surface area (Å²) >= 11 is 0. The van der Waals surface area contributed by atoms with Crippen LogP contribution in [0.15, 0.2) is 78.9 Å². The topological polar surface area (TPSA) is 163 Å². The molecule has 3 unspecified atom stereocenters. The van der Waals surface area contributed by atoms with Gasteiger partial charge in [0.1, 0.15) is 52.5 Å². The van der Waals surface area contributed by atoms with Crippen molar-refractivity contribution in [3.8, 4) is 40.2 Å². The fourth-order valence-corrected chi connectivity index (χ4v) is 4.78. The molecule has 10 nitrogen and oxygen atoms in total. The van der Waals surface area contributed by atoms with Crippen LogP contribution < -0.4 is 14.2 Å². The van der Waals surface area contributed by atoms with Crippen LogP contribution in [-0.2, 0) is 9.59 Å². The molecular weight excluding hydrogens is 520 g/mol. The number of rotatable bonds is 4. The SMILES string of the molecule is O=C1C(O)c2ccc(O)cc2OC1c1ccc(Oc2cc(O)ccc2[C@H]2Oc3cc(O)ccc3C(O)C2=O)cc1. The molecule has 0 saturated carbocycles. The molecule has 2 aliphatic rings. The van der Waals surface area contributed by atoms with E-state index in [0.717, 1.165) is 0 Å². The van der Waals surface area contributed by atoms with E-state index in [-0.39, 0.29) is 56.9 Å². The molecule has 4 atom stereocenters. The third-order valence-corrected chi connectivity index (χ3v) is 6.82. The Bertz CT molecular complexity index is 1650. The lowest BCUT2D eigenvalue weighted by atomic mass is 9.93. The lowest BCUT2D eigenvalue weighted by Crippen LogP contribution is -2.30. The third-order valence-electron chi connectivity index (χ3n) is 6.82. The molecule has 10 heteroatoms. The smallest absolute Gasteiger partial charge is 0.211 e. The van der Waals surface area contributed by atoms with E-state index in [4.69, 9.17) is 14.2 Å². The average molecular weight is 542 g/mol. The van der Waals surface area contributed by atoms with E-state index in [1.807, 2.05) is 0 Å². The Hall–Kier alpha value is -5.06. The maximum Gasteiger partial charge on any atom is 0.211 e. The zero-order valence-corrected chi connectivity index (χ0v) is 20.6. The molecule has 0 radical (unpaired) electrons. The maximum atomic E-state index is 13.0. The van der Waals surface area contributed by atoms with E-state index in [1.165, 1.54) is 66.7 Å².